The molecule has 3 heteroatoms. The zero-order valence-electron chi connectivity index (χ0n) is 11.8. The Morgan fingerprint density at radius 1 is 1.47 bits per heavy atom. The van der Waals surface area contributed by atoms with E-state index in [1.54, 1.807) is 7.11 Å². The maximum Gasteiger partial charge on any atom is 0.0477 e. The first kappa shape index (κ1) is 13.3. The van der Waals surface area contributed by atoms with Crippen molar-refractivity contribution in [2.24, 2.45) is 5.92 Å². The van der Waals surface area contributed by atoms with Gasteiger partial charge in [0, 0.05) is 44.4 Å². The van der Waals surface area contributed by atoms with Crippen LogP contribution < -0.4 is 5.32 Å². The fourth-order valence-corrected chi connectivity index (χ4v) is 3.13. The fourth-order valence-electron chi connectivity index (χ4n) is 3.13. The van der Waals surface area contributed by atoms with E-state index in [-0.39, 0.29) is 0 Å². The summed E-state index contributed by atoms with van der Waals surface area (Å²) in [6.07, 6.45) is 3.97. The Morgan fingerprint density at radius 2 is 2.18 bits per heavy atom. The first-order valence-corrected chi connectivity index (χ1v) is 7.06. The van der Waals surface area contributed by atoms with Gasteiger partial charge in [0.1, 0.15) is 0 Å². The van der Waals surface area contributed by atoms with Gasteiger partial charge in [-0.2, -0.15) is 0 Å². The molecule has 1 saturated carbocycles. The third-order valence-corrected chi connectivity index (χ3v) is 4.66. The molecule has 1 heterocycles. The van der Waals surface area contributed by atoms with Crippen molar-refractivity contribution in [2.75, 3.05) is 26.8 Å². The van der Waals surface area contributed by atoms with Gasteiger partial charge in [0.05, 0.1) is 0 Å². The molecule has 0 aromatic heterocycles. The average Bonchev–Trinajstić information content (AvgIpc) is 3.13. The van der Waals surface area contributed by atoms with Crippen LogP contribution in [0.15, 0.2) is 0 Å². The van der Waals surface area contributed by atoms with Gasteiger partial charge in [-0.1, -0.05) is 0 Å². The second-order valence-corrected chi connectivity index (χ2v) is 6.22. The van der Waals surface area contributed by atoms with Crippen molar-refractivity contribution in [1.29, 1.82) is 0 Å². The molecule has 0 bridgehead atoms. The quantitative estimate of drug-likeness (QED) is 0.794. The standard InChI is InChI=1S/C14H28N2O/c1-11(7-8-17-4)16-10-14(3,13-5-6-13)15-9-12(16)2/h11-13,15H,5-10H2,1-4H3. The Kier molecular flexibility index (Phi) is 4.11. The molecule has 1 aliphatic carbocycles. The molecule has 2 fully saturated rings. The Hall–Kier alpha value is -0.120. The van der Waals surface area contributed by atoms with Crippen LogP contribution in [0.3, 0.4) is 0 Å². The molecule has 17 heavy (non-hydrogen) atoms. The highest BCUT2D eigenvalue weighted by atomic mass is 16.5. The maximum absolute atomic E-state index is 5.21. The molecule has 0 spiro atoms. The lowest BCUT2D eigenvalue weighted by molar-refractivity contribution is 0.0390. The summed E-state index contributed by atoms with van der Waals surface area (Å²) in [5, 5.41) is 3.78. The maximum atomic E-state index is 5.21. The van der Waals surface area contributed by atoms with E-state index in [0.29, 0.717) is 17.6 Å². The van der Waals surface area contributed by atoms with Crippen LogP contribution in [0, 0.1) is 5.92 Å². The fraction of sp³-hybridized carbons (Fsp3) is 1.00. The topological polar surface area (TPSA) is 24.5 Å². The number of ether oxygens (including phenoxy) is 1. The van der Waals surface area contributed by atoms with Gasteiger partial charge in [-0.25, -0.2) is 0 Å². The number of nitrogens with zero attached hydrogens (tertiary/aromatic N) is 1. The minimum absolute atomic E-state index is 0.355. The van der Waals surface area contributed by atoms with Gasteiger partial charge in [-0.05, 0) is 46.0 Å². The molecule has 3 unspecified atom stereocenters. The summed E-state index contributed by atoms with van der Waals surface area (Å²) < 4.78 is 5.21. The van der Waals surface area contributed by atoms with E-state index in [9.17, 15) is 0 Å². The van der Waals surface area contributed by atoms with Crippen molar-refractivity contribution in [3.8, 4) is 0 Å². The molecule has 1 saturated heterocycles. The predicted octanol–water partition coefficient (Wildman–Crippen LogP) is 1.87. The van der Waals surface area contributed by atoms with E-state index < -0.39 is 0 Å². The third-order valence-electron chi connectivity index (χ3n) is 4.66. The lowest BCUT2D eigenvalue weighted by Gasteiger charge is -2.48. The molecular formula is C14H28N2O. The summed E-state index contributed by atoms with van der Waals surface area (Å²) in [5.41, 5.74) is 0.355. The summed E-state index contributed by atoms with van der Waals surface area (Å²) in [6.45, 7) is 10.3. The second kappa shape index (κ2) is 5.25. The molecule has 100 valence electrons. The zero-order chi connectivity index (χ0) is 12.5. The highest BCUT2D eigenvalue weighted by molar-refractivity contribution is 5.04. The van der Waals surface area contributed by atoms with Crippen molar-refractivity contribution >= 4 is 0 Å². The average molecular weight is 240 g/mol. The molecule has 1 N–H and O–H groups in total. The summed E-state index contributed by atoms with van der Waals surface area (Å²) in [7, 11) is 1.79. The van der Waals surface area contributed by atoms with Crippen LogP contribution in [0.25, 0.3) is 0 Å². The van der Waals surface area contributed by atoms with Gasteiger partial charge < -0.3 is 10.1 Å². The van der Waals surface area contributed by atoms with Gasteiger partial charge in [0.15, 0.2) is 0 Å². The lowest BCUT2D eigenvalue weighted by atomic mass is 9.90. The number of hydrogen-bond donors (Lipinski definition) is 1. The van der Waals surface area contributed by atoms with Crippen LogP contribution in [0.4, 0.5) is 0 Å². The summed E-state index contributed by atoms with van der Waals surface area (Å²) in [4.78, 5) is 2.67. The zero-order valence-corrected chi connectivity index (χ0v) is 11.8. The minimum Gasteiger partial charge on any atom is -0.385 e. The Morgan fingerprint density at radius 3 is 2.76 bits per heavy atom. The van der Waals surface area contributed by atoms with Gasteiger partial charge >= 0.3 is 0 Å². The molecule has 0 radical (unpaired) electrons. The van der Waals surface area contributed by atoms with Gasteiger partial charge in [-0.3, -0.25) is 4.90 Å². The van der Waals surface area contributed by atoms with Crippen LogP contribution in [0.5, 0.6) is 0 Å². The van der Waals surface area contributed by atoms with Crippen LogP contribution in [-0.4, -0.2) is 49.3 Å². The van der Waals surface area contributed by atoms with Gasteiger partial charge in [-0.15, -0.1) is 0 Å². The highest BCUT2D eigenvalue weighted by Gasteiger charge is 2.45. The first-order valence-electron chi connectivity index (χ1n) is 7.06. The number of nitrogens with one attached hydrogen (secondary N) is 1. The monoisotopic (exact) mass is 240 g/mol. The Bertz CT molecular complexity index is 255. The smallest absolute Gasteiger partial charge is 0.0477 e. The molecule has 0 aromatic carbocycles. The van der Waals surface area contributed by atoms with Gasteiger partial charge in [0.25, 0.3) is 0 Å². The van der Waals surface area contributed by atoms with Crippen LogP contribution in [0.2, 0.25) is 0 Å². The lowest BCUT2D eigenvalue weighted by Crippen LogP contribution is -2.65. The van der Waals surface area contributed by atoms with Crippen LogP contribution >= 0.6 is 0 Å². The van der Waals surface area contributed by atoms with E-state index in [2.05, 4.69) is 31.0 Å². The molecular weight excluding hydrogens is 212 g/mol. The summed E-state index contributed by atoms with van der Waals surface area (Å²) >= 11 is 0. The number of rotatable bonds is 5. The van der Waals surface area contributed by atoms with E-state index in [0.717, 1.165) is 25.5 Å². The molecule has 2 rings (SSSR count). The van der Waals surface area contributed by atoms with Crippen molar-refractivity contribution in [3.05, 3.63) is 0 Å². The minimum atomic E-state index is 0.355. The molecule has 3 atom stereocenters. The van der Waals surface area contributed by atoms with Crippen molar-refractivity contribution in [1.82, 2.24) is 10.2 Å². The predicted molar refractivity (Wildman–Crippen MR) is 71.3 cm³/mol. The third kappa shape index (κ3) is 3.01. The van der Waals surface area contributed by atoms with Gasteiger partial charge in [0.2, 0.25) is 0 Å². The molecule has 0 aromatic rings. The molecule has 0 amide bonds. The van der Waals surface area contributed by atoms with Crippen LogP contribution in [-0.2, 0) is 4.74 Å². The second-order valence-electron chi connectivity index (χ2n) is 6.22. The van der Waals surface area contributed by atoms with E-state index in [1.807, 2.05) is 0 Å². The largest absolute Gasteiger partial charge is 0.385 e. The first-order chi connectivity index (χ1) is 8.07. The number of methoxy groups -OCH3 is 1. The number of hydrogen-bond acceptors (Lipinski definition) is 3. The highest BCUT2D eigenvalue weighted by Crippen LogP contribution is 2.41. The van der Waals surface area contributed by atoms with E-state index in [4.69, 9.17) is 4.74 Å². The molecule has 3 nitrogen and oxygen atoms in total. The molecule has 1 aliphatic heterocycles. The molecule has 2 aliphatic rings. The Balaban J connectivity index is 1.94. The van der Waals surface area contributed by atoms with E-state index >= 15 is 0 Å². The number of piperazine rings is 1. The SMILES string of the molecule is COCCC(C)N1CC(C)(C2CC2)NCC1C. The van der Waals surface area contributed by atoms with Crippen LogP contribution in [0.1, 0.15) is 40.0 Å². The van der Waals surface area contributed by atoms with Crippen molar-refractivity contribution in [3.63, 3.8) is 0 Å². The Labute approximate surface area is 106 Å². The normalized spacial score (nSPS) is 37.1. The van der Waals surface area contributed by atoms with Crippen molar-refractivity contribution in [2.45, 2.75) is 57.7 Å². The summed E-state index contributed by atoms with van der Waals surface area (Å²) in [5.74, 6) is 0.909. The van der Waals surface area contributed by atoms with E-state index in [1.165, 1.54) is 19.4 Å². The summed E-state index contributed by atoms with van der Waals surface area (Å²) in [6, 6.07) is 1.28. The van der Waals surface area contributed by atoms with Crippen molar-refractivity contribution < 1.29 is 4.74 Å².